The number of rotatable bonds is 2. The molecule has 1 N–H and O–H groups in total. The molecule has 0 bridgehead atoms. The van der Waals surface area contributed by atoms with Crippen LogP contribution in [0.3, 0.4) is 0 Å². The van der Waals surface area contributed by atoms with Crippen LogP contribution >= 0.6 is 0 Å². The van der Waals surface area contributed by atoms with Gasteiger partial charge in [-0.3, -0.25) is 0 Å². The van der Waals surface area contributed by atoms with Crippen LogP contribution in [-0.4, -0.2) is 41.4 Å². The van der Waals surface area contributed by atoms with Gasteiger partial charge < -0.3 is 10.2 Å². The maximum absolute atomic E-state index is 9.04. The van der Waals surface area contributed by atoms with E-state index >= 15 is 0 Å². The molecule has 2 aromatic rings. The Morgan fingerprint density at radius 3 is 2.80 bits per heavy atom. The van der Waals surface area contributed by atoms with Gasteiger partial charge in [-0.2, -0.15) is 10.4 Å². The average Bonchev–Trinajstić information content (AvgIpc) is 2.83. The highest BCUT2D eigenvalue weighted by Crippen LogP contribution is 2.35. The number of nitrogens with zero attached hydrogens (tertiary/aromatic N) is 4. The Morgan fingerprint density at radius 1 is 1.20 bits per heavy atom. The maximum Gasteiger partial charge on any atom is 0.133 e. The van der Waals surface area contributed by atoms with Crippen LogP contribution in [0.15, 0.2) is 24.3 Å². The van der Waals surface area contributed by atoms with E-state index in [9.17, 15) is 0 Å². The Hall–Kier alpha value is -2.32. The van der Waals surface area contributed by atoms with Gasteiger partial charge in [0.25, 0.3) is 0 Å². The van der Waals surface area contributed by atoms with E-state index in [1.807, 2.05) is 24.3 Å². The van der Waals surface area contributed by atoms with E-state index in [1.165, 1.54) is 43.5 Å². The molecule has 1 unspecified atom stereocenters. The summed E-state index contributed by atoms with van der Waals surface area (Å²) in [5, 5.41) is 17.7. The number of nitrogens with one attached hydrogen (secondary N) is 1. The molecule has 1 aromatic heterocycles. The zero-order valence-corrected chi connectivity index (χ0v) is 14.8. The Balaban J connectivity index is 1.77. The van der Waals surface area contributed by atoms with Crippen molar-refractivity contribution in [1.82, 2.24) is 14.7 Å². The number of aromatic nitrogens is 2. The normalized spacial score (nSPS) is 21.0. The summed E-state index contributed by atoms with van der Waals surface area (Å²) in [5.74, 6) is 1.68. The molecule has 0 spiro atoms. The molecule has 5 nitrogen and oxygen atoms in total. The zero-order chi connectivity index (χ0) is 17.2. The van der Waals surface area contributed by atoms with Gasteiger partial charge in [0.1, 0.15) is 5.82 Å². The number of nitriles is 1. The summed E-state index contributed by atoms with van der Waals surface area (Å²) in [6.45, 7) is 3.28. The lowest BCUT2D eigenvalue weighted by atomic mass is 9.91. The molecule has 0 radical (unpaired) electrons. The minimum atomic E-state index is 0.520. The lowest BCUT2D eigenvalue weighted by molar-refractivity contribution is 0.247. The van der Waals surface area contributed by atoms with Crippen LogP contribution in [0.25, 0.3) is 5.69 Å². The average molecular weight is 335 g/mol. The van der Waals surface area contributed by atoms with Crippen molar-refractivity contribution < 1.29 is 0 Å². The highest BCUT2D eigenvalue weighted by molar-refractivity contribution is 5.55. The van der Waals surface area contributed by atoms with Crippen molar-refractivity contribution in [2.45, 2.75) is 38.0 Å². The minimum absolute atomic E-state index is 0.520. The van der Waals surface area contributed by atoms with Crippen LogP contribution in [0.2, 0.25) is 0 Å². The third-order valence-electron chi connectivity index (χ3n) is 5.41. The molecule has 25 heavy (non-hydrogen) atoms. The van der Waals surface area contributed by atoms with Crippen LogP contribution in [0.4, 0.5) is 5.82 Å². The number of likely N-dealkylation sites (N-methyl/N-ethyl adjacent to an activating group) is 1. The highest BCUT2D eigenvalue weighted by atomic mass is 15.3. The molecule has 4 rings (SSSR count). The Bertz CT molecular complexity index is 784. The lowest BCUT2D eigenvalue weighted by Crippen LogP contribution is -2.31. The van der Waals surface area contributed by atoms with Gasteiger partial charge >= 0.3 is 0 Å². The molecule has 1 atom stereocenters. The molecule has 2 aliphatic rings. The highest BCUT2D eigenvalue weighted by Gasteiger charge is 2.28. The molecule has 1 aromatic carbocycles. The second-order valence-corrected chi connectivity index (χ2v) is 7.27. The quantitative estimate of drug-likeness (QED) is 0.915. The third-order valence-corrected chi connectivity index (χ3v) is 5.41. The second-order valence-electron chi connectivity index (χ2n) is 7.27. The molecule has 3 heterocycles. The number of fused-ring (bicyclic) bond motifs is 1. The van der Waals surface area contributed by atoms with Crippen LogP contribution < -0.4 is 5.32 Å². The molecule has 1 saturated heterocycles. The van der Waals surface area contributed by atoms with E-state index in [0.717, 1.165) is 31.0 Å². The number of anilines is 1. The van der Waals surface area contributed by atoms with Crippen molar-refractivity contribution in [3.05, 3.63) is 41.1 Å². The predicted molar refractivity (Wildman–Crippen MR) is 99.2 cm³/mol. The monoisotopic (exact) mass is 335 g/mol. The van der Waals surface area contributed by atoms with Gasteiger partial charge in [-0.15, -0.1) is 0 Å². The number of hydrogen-bond donors (Lipinski definition) is 1. The first-order valence-electron chi connectivity index (χ1n) is 9.31. The van der Waals surface area contributed by atoms with Gasteiger partial charge in [0.05, 0.1) is 23.0 Å². The summed E-state index contributed by atoms with van der Waals surface area (Å²) in [6.07, 6.45) is 5.99. The summed E-state index contributed by atoms with van der Waals surface area (Å²) >= 11 is 0. The van der Waals surface area contributed by atoms with Crippen molar-refractivity contribution in [2.75, 3.05) is 32.0 Å². The summed E-state index contributed by atoms with van der Waals surface area (Å²) in [5.41, 5.74) is 4.40. The summed E-state index contributed by atoms with van der Waals surface area (Å²) < 4.78 is 2.06. The van der Waals surface area contributed by atoms with Crippen LogP contribution in [0, 0.1) is 11.3 Å². The third kappa shape index (κ3) is 3.14. The van der Waals surface area contributed by atoms with Crippen molar-refractivity contribution in [3.8, 4) is 11.8 Å². The zero-order valence-electron chi connectivity index (χ0n) is 14.8. The maximum atomic E-state index is 9.04. The standard InChI is InChI=1S/C20H25N5/c1-24-12-4-5-16(14-24)19-18-6-2-3-11-22-20(18)25(23-19)17-9-7-15(13-21)8-10-17/h7-10,16,22H,2-6,11-12,14H2,1H3. The molecule has 0 aliphatic carbocycles. The van der Waals surface area contributed by atoms with E-state index in [1.54, 1.807) is 0 Å². The number of hydrogen-bond acceptors (Lipinski definition) is 4. The van der Waals surface area contributed by atoms with Crippen LogP contribution in [0.1, 0.15) is 48.4 Å². The van der Waals surface area contributed by atoms with Crippen LogP contribution in [-0.2, 0) is 6.42 Å². The number of piperidine rings is 1. The van der Waals surface area contributed by atoms with Gasteiger partial charge in [-0.1, -0.05) is 0 Å². The van der Waals surface area contributed by atoms with E-state index < -0.39 is 0 Å². The molecular weight excluding hydrogens is 310 g/mol. The fraction of sp³-hybridized carbons (Fsp3) is 0.500. The Kier molecular flexibility index (Phi) is 4.46. The number of benzene rings is 1. The van der Waals surface area contributed by atoms with Crippen LogP contribution in [0.5, 0.6) is 0 Å². The van der Waals surface area contributed by atoms with Gasteiger partial charge in [0, 0.05) is 24.6 Å². The first-order valence-corrected chi connectivity index (χ1v) is 9.31. The van der Waals surface area contributed by atoms with Crippen molar-refractivity contribution in [1.29, 1.82) is 5.26 Å². The smallest absolute Gasteiger partial charge is 0.133 e. The largest absolute Gasteiger partial charge is 0.370 e. The Morgan fingerprint density at radius 2 is 2.04 bits per heavy atom. The van der Waals surface area contributed by atoms with Crippen molar-refractivity contribution in [3.63, 3.8) is 0 Å². The molecule has 1 fully saturated rings. The summed E-state index contributed by atoms with van der Waals surface area (Å²) in [4.78, 5) is 2.42. The van der Waals surface area contributed by atoms with Crippen molar-refractivity contribution in [2.24, 2.45) is 0 Å². The van der Waals surface area contributed by atoms with E-state index in [0.29, 0.717) is 11.5 Å². The topological polar surface area (TPSA) is 56.9 Å². The van der Waals surface area contributed by atoms with Gasteiger partial charge in [0.2, 0.25) is 0 Å². The SMILES string of the molecule is CN1CCCC(c2nn(-c3ccc(C#N)cc3)c3c2CCCCN3)C1. The first-order chi connectivity index (χ1) is 12.3. The summed E-state index contributed by atoms with van der Waals surface area (Å²) in [6, 6.07) is 9.92. The number of likely N-dealkylation sites (tertiary alicyclic amines) is 1. The Labute approximate surface area is 149 Å². The molecule has 0 amide bonds. The minimum Gasteiger partial charge on any atom is -0.370 e. The fourth-order valence-corrected chi connectivity index (χ4v) is 4.11. The van der Waals surface area contributed by atoms with Crippen molar-refractivity contribution >= 4 is 5.82 Å². The second kappa shape index (κ2) is 6.89. The molecule has 5 heteroatoms. The molecule has 2 aliphatic heterocycles. The lowest BCUT2D eigenvalue weighted by Gasteiger charge is -2.29. The van der Waals surface area contributed by atoms with E-state index in [4.69, 9.17) is 10.4 Å². The molecule has 0 saturated carbocycles. The molecular formula is C20H25N5. The van der Waals surface area contributed by atoms with E-state index in [2.05, 4.69) is 28.0 Å². The van der Waals surface area contributed by atoms with E-state index in [-0.39, 0.29) is 0 Å². The summed E-state index contributed by atoms with van der Waals surface area (Å²) in [7, 11) is 2.21. The first kappa shape index (κ1) is 16.2. The molecule has 130 valence electrons. The van der Waals surface area contributed by atoms with Gasteiger partial charge in [-0.25, -0.2) is 4.68 Å². The predicted octanol–water partition coefficient (Wildman–Crippen LogP) is 3.30. The van der Waals surface area contributed by atoms with Gasteiger partial charge in [-0.05, 0) is 70.0 Å². The van der Waals surface area contributed by atoms with Gasteiger partial charge in [0.15, 0.2) is 0 Å². The fourth-order valence-electron chi connectivity index (χ4n) is 4.11.